The molecule has 0 aromatic heterocycles. The second-order valence-electron chi connectivity index (χ2n) is 3.52. The first kappa shape index (κ1) is 8.98. The van der Waals surface area contributed by atoms with Gasteiger partial charge in [0.1, 0.15) is 0 Å². The van der Waals surface area contributed by atoms with Gasteiger partial charge in [0.25, 0.3) is 0 Å². The lowest BCUT2D eigenvalue weighted by molar-refractivity contribution is -0.111. The molecule has 1 unspecified atom stereocenters. The molecule has 1 aliphatic carbocycles. The lowest BCUT2D eigenvalue weighted by atomic mass is 9.80. The number of hydrogen-bond acceptors (Lipinski definition) is 1. The van der Waals surface area contributed by atoms with Gasteiger partial charge < -0.3 is 0 Å². The van der Waals surface area contributed by atoms with Crippen molar-refractivity contribution in [2.75, 3.05) is 0 Å². The molecule has 1 atom stereocenters. The largest absolute Gasteiger partial charge is 0.290 e. The summed E-state index contributed by atoms with van der Waals surface area (Å²) in [5.41, 5.74) is 0.835. The first-order valence-electron chi connectivity index (χ1n) is 4.11. The van der Waals surface area contributed by atoms with Crippen LogP contribution < -0.4 is 0 Å². The Hall–Kier alpha value is -1.11. The van der Waals surface area contributed by atoms with Crippen molar-refractivity contribution in [3.63, 3.8) is 0 Å². The van der Waals surface area contributed by atoms with Crippen LogP contribution in [0.25, 0.3) is 0 Å². The Kier molecular flexibility index (Phi) is 2.32. The number of rotatable bonds is 2. The molecule has 0 saturated carbocycles. The molecule has 0 bridgehead atoms. The van der Waals surface area contributed by atoms with E-state index in [9.17, 15) is 4.79 Å². The minimum Gasteiger partial charge on any atom is -0.290 e. The minimum absolute atomic E-state index is 0.000255. The average molecular weight is 162 g/mol. The third kappa shape index (κ3) is 1.73. The third-order valence-corrected chi connectivity index (χ3v) is 2.13. The quantitative estimate of drug-likeness (QED) is 0.570. The SMILES string of the molecule is C=CCC1(C)C=CC(=O)C(C)=C1. The van der Waals surface area contributed by atoms with Crippen molar-refractivity contribution in [2.45, 2.75) is 20.3 Å². The molecule has 0 radical (unpaired) electrons. The van der Waals surface area contributed by atoms with Crippen LogP contribution in [0, 0.1) is 5.41 Å². The molecule has 0 spiro atoms. The summed E-state index contributed by atoms with van der Waals surface area (Å²) in [5, 5.41) is 0. The molecule has 0 N–H and O–H groups in total. The van der Waals surface area contributed by atoms with Gasteiger partial charge in [-0.15, -0.1) is 6.58 Å². The first-order valence-corrected chi connectivity index (χ1v) is 4.11. The second kappa shape index (κ2) is 3.10. The van der Waals surface area contributed by atoms with E-state index >= 15 is 0 Å². The summed E-state index contributed by atoms with van der Waals surface area (Å²) >= 11 is 0. The second-order valence-corrected chi connectivity index (χ2v) is 3.52. The zero-order valence-electron chi connectivity index (χ0n) is 7.63. The highest BCUT2D eigenvalue weighted by Gasteiger charge is 2.21. The fourth-order valence-electron chi connectivity index (χ4n) is 1.45. The van der Waals surface area contributed by atoms with E-state index in [1.54, 1.807) is 6.08 Å². The Bertz CT molecular complexity index is 271. The lowest BCUT2D eigenvalue weighted by Crippen LogP contribution is -2.15. The number of ketones is 1. The van der Waals surface area contributed by atoms with E-state index in [1.807, 2.05) is 25.2 Å². The van der Waals surface area contributed by atoms with Gasteiger partial charge in [0, 0.05) is 5.41 Å². The maximum absolute atomic E-state index is 11.1. The van der Waals surface area contributed by atoms with Crippen LogP contribution in [0.2, 0.25) is 0 Å². The first-order chi connectivity index (χ1) is 5.57. The summed E-state index contributed by atoms with van der Waals surface area (Å²) in [6, 6.07) is 0. The zero-order chi connectivity index (χ0) is 9.19. The topological polar surface area (TPSA) is 17.1 Å². The molecule has 1 aliphatic rings. The highest BCUT2D eigenvalue weighted by atomic mass is 16.1. The molecule has 0 heterocycles. The molecular weight excluding hydrogens is 148 g/mol. The monoisotopic (exact) mass is 162 g/mol. The van der Waals surface area contributed by atoms with Crippen LogP contribution in [0.5, 0.6) is 0 Å². The third-order valence-electron chi connectivity index (χ3n) is 2.13. The molecule has 12 heavy (non-hydrogen) atoms. The number of allylic oxidation sites excluding steroid dienone is 5. The smallest absolute Gasteiger partial charge is 0.180 e. The molecule has 0 fully saturated rings. The van der Waals surface area contributed by atoms with Gasteiger partial charge in [-0.3, -0.25) is 4.79 Å². The standard InChI is InChI=1S/C11H14O/c1-4-6-11(3)7-5-10(12)9(2)8-11/h4-5,7-8H,1,6H2,2-3H3. The highest BCUT2D eigenvalue weighted by Crippen LogP contribution is 2.30. The molecule has 0 amide bonds. The molecule has 0 aromatic carbocycles. The van der Waals surface area contributed by atoms with Gasteiger partial charge in [0.05, 0.1) is 0 Å². The van der Waals surface area contributed by atoms with E-state index in [2.05, 4.69) is 13.5 Å². The predicted octanol–water partition coefficient (Wildman–Crippen LogP) is 2.65. The van der Waals surface area contributed by atoms with Crippen molar-refractivity contribution in [1.82, 2.24) is 0 Å². The Morgan fingerprint density at radius 3 is 2.83 bits per heavy atom. The molecule has 0 saturated heterocycles. The molecule has 1 rings (SSSR count). The highest BCUT2D eigenvalue weighted by molar-refractivity contribution is 6.04. The predicted molar refractivity (Wildman–Crippen MR) is 50.8 cm³/mol. The van der Waals surface area contributed by atoms with E-state index in [4.69, 9.17) is 0 Å². The van der Waals surface area contributed by atoms with Crippen molar-refractivity contribution in [3.05, 3.63) is 36.5 Å². The van der Waals surface area contributed by atoms with Gasteiger partial charge in [-0.1, -0.05) is 25.2 Å². The van der Waals surface area contributed by atoms with E-state index < -0.39 is 0 Å². The fraction of sp³-hybridized carbons (Fsp3) is 0.364. The molecule has 1 heteroatoms. The molecule has 0 aromatic rings. The van der Waals surface area contributed by atoms with E-state index in [0.29, 0.717) is 0 Å². The molecule has 0 aliphatic heterocycles. The van der Waals surface area contributed by atoms with Crippen LogP contribution in [-0.2, 0) is 4.79 Å². The average Bonchev–Trinajstić information content (AvgIpc) is 1.98. The van der Waals surface area contributed by atoms with Gasteiger partial charge in [0.2, 0.25) is 0 Å². The summed E-state index contributed by atoms with van der Waals surface area (Å²) in [4.78, 5) is 11.1. The van der Waals surface area contributed by atoms with Gasteiger partial charge in [-0.25, -0.2) is 0 Å². The number of hydrogen-bond donors (Lipinski definition) is 0. The van der Waals surface area contributed by atoms with Crippen molar-refractivity contribution < 1.29 is 4.79 Å². The summed E-state index contributed by atoms with van der Waals surface area (Å²) in [6.07, 6.45) is 8.37. The molecule has 64 valence electrons. The van der Waals surface area contributed by atoms with Crippen molar-refractivity contribution in [1.29, 1.82) is 0 Å². The van der Waals surface area contributed by atoms with Crippen LogP contribution in [0.1, 0.15) is 20.3 Å². The van der Waals surface area contributed by atoms with Crippen LogP contribution in [0.4, 0.5) is 0 Å². The zero-order valence-corrected chi connectivity index (χ0v) is 7.63. The van der Waals surface area contributed by atoms with Crippen LogP contribution >= 0.6 is 0 Å². The van der Waals surface area contributed by atoms with E-state index in [-0.39, 0.29) is 11.2 Å². The lowest BCUT2D eigenvalue weighted by Gasteiger charge is -2.23. The summed E-state index contributed by atoms with van der Waals surface area (Å²) in [6.45, 7) is 7.65. The fourth-order valence-corrected chi connectivity index (χ4v) is 1.45. The van der Waals surface area contributed by atoms with Crippen molar-refractivity contribution >= 4 is 5.78 Å². The number of carbonyl (C=O) groups is 1. The van der Waals surface area contributed by atoms with Gasteiger partial charge in [0.15, 0.2) is 5.78 Å². The normalized spacial score (nSPS) is 28.5. The van der Waals surface area contributed by atoms with Crippen LogP contribution in [0.15, 0.2) is 36.5 Å². The Balaban J connectivity index is 2.90. The Labute approximate surface area is 73.5 Å². The van der Waals surface area contributed by atoms with Crippen molar-refractivity contribution in [3.8, 4) is 0 Å². The van der Waals surface area contributed by atoms with Gasteiger partial charge in [-0.05, 0) is 25.0 Å². The number of carbonyl (C=O) groups excluding carboxylic acids is 1. The maximum atomic E-state index is 11.1. The maximum Gasteiger partial charge on any atom is 0.180 e. The Morgan fingerprint density at radius 2 is 2.33 bits per heavy atom. The Morgan fingerprint density at radius 1 is 1.67 bits per heavy atom. The summed E-state index contributed by atoms with van der Waals surface area (Å²) in [7, 11) is 0. The van der Waals surface area contributed by atoms with Gasteiger partial charge in [-0.2, -0.15) is 0 Å². The van der Waals surface area contributed by atoms with E-state index in [0.717, 1.165) is 12.0 Å². The minimum atomic E-state index is -0.000255. The van der Waals surface area contributed by atoms with E-state index in [1.165, 1.54) is 0 Å². The van der Waals surface area contributed by atoms with Crippen LogP contribution in [0.3, 0.4) is 0 Å². The van der Waals surface area contributed by atoms with Gasteiger partial charge >= 0.3 is 0 Å². The molecule has 1 nitrogen and oxygen atoms in total. The summed E-state index contributed by atoms with van der Waals surface area (Å²) in [5.74, 6) is 0.122. The van der Waals surface area contributed by atoms with Crippen molar-refractivity contribution in [2.24, 2.45) is 5.41 Å². The van der Waals surface area contributed by atoms with Crippen LogP contribution in [-0.4, -0.2) is 5.78 Å². The summed E-state index contributed by atoms with van der Waals surface area (Å²) < 4.78 is 0. The molecular formula is C11H14O.